The minimum absolute atomic E-state index is 0.209. The number of imidazole rings is 1. The van der Waals surface area contributed by atoms with Crippen LogP contribution in [0.5, 0.6) is 11.5 Å². The number of rotatable bonds is 5. The zero-order valence-corrected chi connectivity index (χ0v) is 15.9. The quantitative estimate of drug-likeness (QED) is 0.462. The molecule has 2 aromatic heterocycles. The number of amides is 3. The number of fused-ring (bicyclic) bond motifs is 1. The zero-order chi connectivity index (χ0) is 20.4. The van der Waals surface area contributed by atoms with E-state index in [1.54, 1.807) is 42.5 Å². The van der Waals surface area contributed by atoms with Gasteiger partial charge in [0.1, 0.15) is 17.0 Å². The number of ether oxygens (including phenoxy) is 1. The zero-order valence-electron chi connectivity index (χ0n) is 15.1. The van der Waals surface area contributed by atoms with E-state index < -0.39 is 6.03 Å². The number of hydrogen-bond donors (Lipinski definition) is 3. The Labute approximate surface area is 168 Å². The van der Waals surface area contributed by atoms with Crippen LogP contribution in [0, 0.1) is 0 Å². The van der Waals surface area contributed by atoms with Gasteiger partial charge in [0.2, 0.25) is 17.0 Å². The number of nitrogens with zero attached hydrogens (tertiary/aromatic N) is 4. The van der Waals surface area contributed by atoms with Crippen LogP contribution in [0.2, 0.25) is 0 Å². The second-order valence-electron chi connectivity index (χ2n) is 5.94. The molecule has 4 aromatic rings. The lowest BCUT2D eigenvalue weighted by Crippen LogP contribution is -2.31. The number of aromatic amines is 1. The fourth-order valence-electron chi connectivity index (χ4n) is 2.67. The second-order valence-corrected chi connectivity index (χ2v) is 6.75. The number of carbonyl (C=O) groups is 2. The second kappa shape index (κ2) is 7.56. The predicted octanol–water partition coefficient (Wildman–Crippen LogP) is 3.38. The number of hydrogen-bond acceptors (Lipinski definition) is 7. The van der Waals surface area contributed by atoms with Crippen molar-refractivity contribution in [3.8, 4) is 11.5 Å². The van der Waals surface area contributed by atoms with Crippen LogP contribution in [0.25, 0.3) is 11.0 Å². The first kappa shape index (κ1) is 18.4. The molecule has 0 spiro atoms. The van der Waals surface area contributed by atoms with E-state index in [4.69, 9.17) is 10.5 Å². The molecule has 3 amide bonds. The van der Waals surface area contributed by atoms with Crippen LogP contribution < -0.4 is 20.7 Å². The molecule has 4 rings (SSSR count). The van der Waals surface area contributed by atoms with Gasteiger partial charge in [-0.05, 0) is 36.4 Å². The Morgan fingerprint density at radius 3 is 2.59 bits per heavy atom. The van der Waals surface area contributed by atoms with Crippen LogP contribution >= 0.6 is 11.3 Å². The maximum absolute atomic E-state index is 11.8. The van der Waals surface area contributed by atoms with Gasteiger partial charge in [-0.25, -0.2) is 14.7 Å². The van der Waals surface area contributed by atoms with Gasteiger partial charge in [-0.1, -0.05) is 11.3 Å². The predicted molar refractivity (Wildman–Crippen MR) is 109 cm³/mol. The van der Waals surface area contributed by atoms with E-state index in [1.807, 2.05) is 0 Å². The molecule has 0 saturated carbocycles. The molecule has 0 bridgehead atoms. The van der Waals surface area contributed by atoms with E-state index in [0.29, 0.717) is 33.8 Å². The van der Waals surface area contributed by atoms with Crippen LogP contribution in [-0.2, 0) is 4.79 Å². The summed E-state index contributed by atoms with van der Waals surface area (Å²) in [7, 11) is 0. The molecular formula is C18H15N7O3S. The number of nitrogens with one attached hydrogen (secondary N) is 2. The van der Waals surface area contributed by atoms with E-state index in [9.17, 15) is 9.59 Å². The van der Waals surface area contributed by atoms with Crippen molar-refractivity contribution < 1.29 is 14.3 Å². The van der Waals surface area contributed by atoms with E-state index in [1.165, 1.54) is 28.7 Å². The molecule has 0 atom stereocenters. The van der Waals surface area contributed by atoms with E-state index in [2.05, 4.69) is 25.5 Å². The summed E-state index contributed by atoms with van der Waals surface area (Å²) >= 11 is 1.20. The summed E-state index contributed by atoms with van der Waals surface area (Å²) < 4.78 is 5.87. The largest absolute Gasteiger partial charge is 0.457 e. The van der Waals surface area contributed by atoms with Crippen molar-refractivity contribution in [3.05, 3.63) is 48.0 Å². The number of H-pyrrole nitrogens is 1. The van der Waals surface area contributed by atoms with Gasteiger partial charge in [0.25, 0.3) is 0 Å². The average Bonchev–Trinajstić information content (AvgIpc) is 3.32. The van der Waals surface area contributed by atoms with Crippen molar-refractivity contribution in [1.29, 1.82) is 0 Å². The molecule has 2 heterocycles. The summed E-state index contributed by atoms with van der Waals surface area (Å²) in [6.45, 7) is 1.41. The maximum Gasteiger partial charge on any atom is 0.325 e. The van der Waals surface area contributed by atoms with Crippen LogP contribution in [0.1, 0.15) is 6.92 Å². The van der Waals surface area contributed by atoms with Crippen LogP contribution in [0.3, 0.4) is 0 Å². The molecule has 29 heavy (non-hydrogen) atoms. The fourth-order valence-corrected chi connectivity index (χ4v) is 3.26. The van der Waals surface area contributed by atoms with Crippen LogP contribution in [0.15, 0.2) is 48.0 Å². The van der Waals surface area contributed by atoms with Gasteiger partial charge in [-0.15, -0.1) is 10.2 Å². The molecule has 0 radical (unpaired) electrons. The van der Waals surface area contributed by atoms with Gasteiger partial charge in [-0.2, -0.15) is 0 Å². The highest BCUT2D eigenvalue weighted by Crippen LogP contribution is 2.30. The number of urea groups is 1. The topological polar surface area (TPSA) is 139 Å². The molecule has 0 unspecified atom stereocenters. The Morgan fingerprint density at radius 1 is 1.17 bits per heavy atom. The minimum atomic E-state index is -0.657. The van der Waals surface area contributed by atoms with Gasteiger partial charge in [0.15, 0.2) is 0 Å². The van der Waals surface area contributed by atoms with Crippen LogP contribution in [0.4, 0.5) is 21.6 Å². The van der Waals surface area contributed by atoms with E-state index in [-0.39, 0.29) is 5.91 Å². The van der Waals surface area contributed by atoms with E-state index >= 15 is 0 Å². The number of benzene rings is 2. The van der Waals surface area contributed by atoms with Gasteiger partial charge < -0.3 is 15.5 Å². The van der Waals surface area contributed by atoms with Crippen molar-refractivity contribution in [2.75, 3.05) is 10.2 Å². The molecule has 0 saturated heterocycles. The first-order chi connectivity index (χ1) is 14.0. The number of carbonyl (C=O) groups excluding carboxylic acids is 2. The number of primary amides is 1. The first-order valence-electron chi connectivity index (χ1n) is 8.40. The van der Waals surface area contributed by atoms with Crippen molar-refractivity contribution in [3.63, 3.8) is 0 Å². The van der Waals surface area contributed by atoms with E-state index in [0.717, 1.165) is 5.52 Å². The Hall–Kier alpha value is -3.99. The van der Waals surface area contributed by atoms with Gasteiger partial charge in [0, 0.05) is 13.0 Å². The normalized spacial score (nSPS) is 10.7. The average molecular weight is 409 g/mol. The number of nitrogens with two attached hydrogens (primary N) is 1. The molecular weight excluding hydrogens is 394 g/mol. The lowest BCUT2D eigenvalue weighted by molar-refractivity contribution is -0.114. The summed E-state index contributed by atoms with van der Waals surface area (Å²) in [6, 6.07) is 11.5. The molecule has 11 heteroatoms. The Balaban J connectivity index is 1.54. The highest BCUT2D eigenvalue weighted by atomic mass is 32.1. The summed E-state index contributed by atoms with van der Waals surface area (Å²) in [5.74, 6) is 1.31. The molecule has 0 aliphatic rings. The smallest absolute Gasteiger partial charge is 0.325 e. The number of anilines is 3. The van der Waals surface area contributed by atoms with Gasteiger partial charge >= 0.3 is 6.03 Å². The van der Waals surface area contributed by atoms with Crippen molar-refractivity contribution in [1.82, 2.24) is 20.2 Å². The number of aromatic nitrogens is 4. The molecule has 0 aliphatic carbocycles. The third-order valence-electron chi connectivity index (χ3n) is 3.84. The summed E-state index contributed by atoms with van der Waals surface area (Å²) in [6.07, 6.45) is 0. The molecule has 0 aliphatic heterocycles. The van der Waals surface area contributed by atoms with Crippen LogP contribution in [-0.4, -0.2) is 32.1 Å². The third-order valence-corrected chi connectivity index (χ3v) is 4.51. The minimum Gasteiger partial charge on any atom is -0.457 e. The maximum atomic E-state index is 11.8. The highest BCUT2D eigenvalue weighted by molar-refractivity contribution is 7.13. The summed E-state index contributed by atoms with van der Waals surface area (Å²) in [4.78, 5) is 31.5. The first-order valence-corrected chi connectivity index (χ1v) is 9.28. The lowest BCUT2D eigenvalue weighted by atomic mass is 10.2. The van der Waals surface area contributed by atoms with Crippen molar-refractivity contribution in [2.24, 2.45) is 5.73 Å². The highest BCUT2D eigenvalue weighted by Gasteiger charge is 2.18. The molecule has 4 N–H and O–H groups in total. The van der Waals surface area contributed by atoms with Gasteiger partial charge in [0.05, 0.1) is 16.7 Å². The third kappa shape index (κ3) is 3.99. The standard InChI is InChI=1S/C18H15N7O3S/c1-10(26)21-17-22-14-7-6-13(8-15(14)23-17)28-12-4-2-11(3-5-12)25(16(19)27)18-24-20-9-29-18/h2-9H,1H3,(H2,19,27)(H2,21,22,23,26). The fraction of sp³-hybridized carbons (Fsp3) is 0.0556. The summed E-state index contributed by atoms with van der Waals surface area (Å²) in [5.41, 5.74) is 8.95. The molecule has 146 valence electrons. The molecule has 10 nitrogen and oxygen atoms in total. The van der Waals surface area contributed by atoms with Crippen molar-refractivity contribution in [2.45, 2.75) is 6.92 Å². The Kier molecular flexibility index (Phi) is 4.79. The Morgan fingerprint density at radius 2 is 1.93 bits per heavy atom. The van der Waals surface area contributed by atoms with Gasteiger partial charge in [-0.3, -0.25) is 10.1 Å². The van der Waals surface area contributed by atoms with Crippen molar-refractivity contribution >= 4 is 51.1 Å². The molecule has 2 aromatic carbocycles. The SMILES string of the molecule is CC(=O)Nc1nc2ccc(Oc3ccc(N(C(N)=O)c4nncs4)cc3)cc2[nH]1. The summed E-state index contributed by atoms with van der Waals surface area (Å²) in [5, 5.41) is 10.6. The molecule has 0 fully saturated rings. The monoisotopic (exact) mass is 409 g/mol. The lowest BCUT2D eigenvalue weighted by Gasteiger charge is -2.17. The Bertz CT molecular complexity index is 1170.